The molecule has 28 heavy (non-hydrogen) atoms. The van der Waals surface area contributed by atoms with Crippen molar-refractivity contribution in [3.8, 4) is 5.75 Å². The summed E-state index contributed by atoms with van der Waals surface area (Å²) in [6.07, 6.45) is 0.934. The smallest absolute Gasteiger partial charge is 0.171 e. The Kier molecular flexibility index (Phi) is 5.54. The van der Waals surface area contributed by atoms with Gasteiger partial charge in [-0.25, -0.2) is 14.4 Å². The molecule has 4 heterocycles. The zero-order valence-electron chi connectivity index (χ0n) is 16.2. The molecule has 1 aliphatic heterocycles. The summed E-state index contributed by atoms with van der Waals surface area (Å²) < 4.78 is 22.0. The van der Waals surface area contributed by atoms with Crippen molar-refractivity contribution in [3.63, 3.8) is 0 Å². The number of hydrogen-bond donors (Lipinski definition) is 0. The molecule has 0 amide bonds. The van der Waals surface area contributed by atoms with E-state index >= 15 is 0 Å². The lowest BCUT2D eigenvalue weighted by Gasteiger charge is -2.27. The molecule has 3 aromatic heterocycles. The lowest BCUT2D eigenvalue weighted by Crippen LogP contribution is -2.31. The molecule has 0 saturated carbocycles. The van der Waals surface area contributed by atoms with Crippen LogP contribution in [0.25, 0.3) is 10.3 Å². The van der Waals surface area contributed by atoms with Gasteiger partial charge in [-0.05, 0) is 33.8 Å². The molecule has 1 aliphatic rings. The fourth-order valence-corrected chi connectivity index (χ4v) is 5.80. The van der Waals surface area contributed by atoms with Gasteiger partial charge in [0.05, 0.1) is 25.5 Å². The summed E-state index contributed by atoms with van der Waals surface area (Å²) in [4.78, 5) is 15.6. The Morgan fingerprint density at radius 3 is 2.61 bits per heavy atom. The monoisotopic (exact) mass is 512 g/mol. The normalized spacial score (nSPS) is 21.4. The van der Waals surface area contributed by atoms with Crippen LogP contribution < -0.4 is 4.74 Å². The summed E-state index contributed by atoms with van der Waals surface area (Å²) in [5.41, 5.74) is 2.98. The van der Waals surface area contributed by atoms with Gasteiger partial charge in [-0.1, -0.05) is 22.6 Å². The number of thiazole rings is 1. The third kappa shape index (κ3) is 3.99. The van der Waals surface area contributed by atoms with Crippen molar-refractivity contribution >= 4 is 44.3 Å². The number of ether oxygens (including phenoxy) is 1. The highest BCUT2D eigenvalue weighted by Gasteiger charge is 2.36. The van der Waals surface area contributed by atoms with E-state index in [0.717, 1.165) is 39.8 Å². The number of pyridine rings is 2. The Balaban J connectivity index is 1.53. The summed E-state index contributed by atoms with van der Waals surface area (Å²) in [5.74, 6) is 0.578. The fraction of sp³-hybridized carbons (Fsp3) is 0.450. The first-order chi connectivity index (χ1) is 13.3. The molecule has 3 atom stereocenters. The summed E-state index contributed by atoms with van der Waals surface area (Å²) >= 11 is 3.88. The highest BCUT2D eigenvalue weighted by molar-refractivity contribution is 14.1. The second-order valence-corrected chi connectivity index (χ2v) is 9.95. The first-order valence-corrected chi connectivity index (χ1v) is 11.3. The quantitative estimate of drug-likeness (QED) is 0.276. The van der Waals surface area contributed by atoms with Crippen LogP contribution in [0, 0.1) is 26.6 Å². The van der Waals surface area contributed by atoms with Crippen molar-refractivity contribution < 1.29 is 9.13 Å². The van der Waals surface area contributed by atoms with Gasteiger partial charge in [-0.15, -0.1) is 11.3 Å². The maximum absolute atomic E-state index is 14.7. The highest BCUT2D eigenvalue weighted by Crippen LogP contribution is 2.35. The first kappa shape index (κ1) is 19.9. The van der Waals surface area contributed by atoms with E-state index in [0.29, 0.717) is 11.3 Å². The Morgan fingerprint density at radius 2 is 1.89 bits per heavy atom. The van der Waals surface area contributed by atoms with Crippen molar-refractivity contribution in [3.05, 3.63) is 46.1 Å². The average Bonchev–Trinajstić information content (AvgIpc) is 3.13. The van der Waals surface area contributed by atoms with E-state index in [2.05, 4.69) is 42.4 Å². The van der Waals surface area contributed by atoms with Crippen molar-refractivity contribution in [2.24, 2.45) is 0 Å². The number of aromatic nitrogens is 3. The lowest BCUT2D eigenvalue weighted by atomic mass is 10.2. The van der Waals surface area contributed by atoms with Gasteiger partial charge in [0, 0.05) is 36.5 Å². The van der Waals surface area contributed by atoms with Gasteiger partial charge in [0.2, 0.25) is 0 Å². The molecule has 148 valence electrons. The van der Waals surface area contributed by atoms with Crippen molar-refractivity contribution in [2.45, 2.75) is 50.3 Å². The van der Waals surface area contributed by atoms with Crippen LogP contribution >= 0.6 is 33.9 Å². The van der Waals surface area contributed by atoms with Crippen LogP contribution in [0.15, 0.2) is 18.2 Å². The molecular formula is C20H22FIN4OS. The molecule has 0 N–H and O–H groups in total. The number of fused-ring (bicyclic) bond motifs is 1. The molecule has 0 spiro atoms. The lowest BCUT2D eigenvalue weighted by molar-refractivity contribution is 0.178. The number of likely N-dealkylation sites (tertiary alicyclic amines) is 1. The van der Waals surface area contributed by atoms with E-state index in [4.69, 9.17) is 4.74 Å². The van der Waals surface area contributed by atoms with E-state index in [-0.39, 0.29) is 22.0 Å². The summed E-state index contributed by atoms with van der Waals surface area (Å²) in [5, 5.41) is 0.899. The standard InChI is InChI=1S/C20H22FIN4OS/c1-10-5-14(6-11(2)23-10)27-15-7-18(22)26(9-15)12(3)19-16(21)8-17-20(25-19)24-13(4)28-17/h5-6,8,12,15,18H,7,9H2,1-4H3/t12-,15+,18+/m0/s1. The second-order valence-electron chi connectivity index (χ2n) is 7.28. The first-order valence-electron chi connectivity index (χ1n) is 9.25. The Bertz CT molecular complexity index is 1010. The van der Waals surface area contributed by atoms with E-state index in [9.17, 15) is 4.39 Å². The highest BCUT2D eigenvalue weighted by atomic mass is 127. The van der Waals surface area contributed by atoms with Crippen LogP contribution in [0.2, 0.25) is 0 Å². The van der Waals surface area contributed by atoms with E-state index in [1.165, 1.54) is 11.3 Å². The number of alkyl halides is 1. The van der Waals surface area contributed by atoms with Gasteiger partial charge in [-0.3, -0.25) is 9.88 Å². The molecular weight excluding hydrogens is 490 g/mol. The Hall–Kier alpha value is -1.39. The van der Waals surface area contributed by atoms with Crippen molar-refractivity contribution in [2.75, 3.05) is 6.54 Å². The van der Waals surface area contributed by atoms with E-state index in [1.807, 2.05) is 39.8 Å². The molecule has 0 aliphatic carbocycles. The zero-order valence-corrected chi connectivity index (χ0v) is 19.2. The Labute approximate surface area is 181 Å². The maximum atomic E-state index is 14.7. The molecule has 8 heteroatoms. The molecule has 4 rings (SSSR count). The van der Waals surface area contributed by atoms with Crippen molar-refractivity contribution in [1.29, 1.82) is 0 Å². The summed E-state index contributed by atoms with van der Waals surface area (Å²) in [6.45, 7) is 8.58. The van der Waals surface area contributed by atoms with E-state index in [1.54, 1.807) is 6.07 Å². The van der Waals surface area contributed by atoms with Crippen LogP contribution in [0.5, 0.6) is 5.75 Å². The minimum Gasteiger partial charge on any atom is -0.489 e. The third-order valence-corrected chi connectivity index (χ3v) is 7.08. The minimum absolute atomic E-state index is 0.0545. The fourth-order valence-electron chi connectivity index (χ4n) is 3.73. The predicted molar refractivity (Wildman–Crippen MR) is 118 cm³/mol. The molecule has 0 radical (unpaired) electrons. The van der Waals surface area contributed by atoms with Crippen LogP contribution in [0.1, 0.15) is 41.5 Å². The zero-order chi connectivity index (χ0) is 20.0. The molecule has 1 fully saturated rings. The number of rotatable bonds is 4. The third-order valence-electron chi connectivity index (χ3n) is 4.95. The molecule has 0 unspecified atom stereocenters. The van der Waals surface area contributed by atoms with Gasteiger partial charge in [0.1, 0.15) is 17.7 Å². The predicted octanol–water partition coefficient (Wildman–Crippen LogP) is 5.13. The Morgan fingerprint density at radius 1 is 1.18 bits per heavy atom. The van der Waals surface area contributed by atoms with Gasteiger partial charge in [0.15, 0.2) is 5.65 Å². The number of halogens is 2. The number of aryl methyl sites for hydroxylation is 3. The SMILES string of the molecule is Cc1cc(O[C@@H]2C[C@H](I)N([C@@H](C)c3nc4nc(C)sc4cc3F)C2)cc(C)n1. The molecule has 5 nitrogen and oxygen atoms in total. The largest absolute Gasteiger partial charge is 0.489 e. The van der Waals surface area contributed by atoms with E-state index < -0.39 is 0 Å². The molecule has 1 saturated heterocycles. The minimum atomic E-state index is -0.267. The average molecular weight is 512 g/mol. The van der Waals surface area contributed by atoms with Crippen LogP contribution in [0.4, 0.5) is 4.39 Å². The topological polar surface area (TPSA) is 51.1 Å². The molecule has 0 aromatic carbocycles. The van der Waals surface area contributed by atoms with Gasteiger partial charge in [0.25, 0.3) is 0 Å². The van der Waals surface area contributed by atoms with Crippen molar-refractivity contribution in [1.82, 2.24) is 19.9 Å². The molecule has 3 aromatic rings. The maximum Gasteiger partial charge on any atom is 0.171 e. The number of hydrogen-bond acceptors (Lipinski definition) is 6. The summed E-state index contributed by atoms with van der Waals surface area (Å²) in [7, 11) is 0. The second kappa shape index (κ2) is 7.79. The van der Waals surface area contributed by atoms with Crippen LogP contribution in [-0.4, -0.2) is 36.5 Å². The van der Waals surface area contributed by atoms with Gasteiger partial charge in [-0.2, -0.15) is 0 Å². The number of nitrogens with zero attached hydrogens (tertiary/aromatic N) is 4. The summed E-state index contributed by atoms with van der Waals surface area (Å²) in [6, 6.07) is 5.33. The van der Waals surface area contributed by atoms with Gasteiger partial charge >= 0.3 is 0 Å². The van der Waals surface area contributed by atoms with Gasteiger partial charge < -0.3 is 4.74 Å². The van der Waals surface area contributed by atoms with Crippen LogP contribution in [0.3, 0.4) is 0 Å². The molecule has 0 bridgehead atoms. The van der Waals surface area contributed by atoms with Crippen LogP contribution in [-0.2, 0) is 0 Å².